The van der Waals surface area contributed by atoms with Crippen molar-refractivity contribution in [2.45, 2.75) is 6.42 Å². The molecule has 0 bridgehead atoms. The normalized spacial score (nSPS) is 11.2. The summed E-state index contributed by atoms with van der Waals surface area (Å²) in [4.78, 5) is 22.1. The molecule has 3 heterocycles. The summed E-state index contributed by atoms with van der Waals surface area (Å²) in [7, 11) is 1.89. The zero-order valence-electron chi connectivity index (χ0n) is 9.66. The maximum atomic E-state index is 10.7. The molecule has 7 heteroatoms. The number of hydrogen-bond acceptors (Lipinski definition) is 3. The number of imidazole rings is 3. The largest absolute Gasteiger partial charge is 0.481 e. The molecule has 2 N–H and O–H groups in total. The molecule has 18 heavy (non-hydrogen) atoms. The van der Waals surface area contributed by atoms with Crippen molar-refractivity contribution < 1.29 is 9.90 Å². The van der Waals surface area contributed by atoms with Crippen LogP contribution in [0.4, 0.5) is 0 Å². The first-order valence-electron chi connectivity index (χ1n) is 5.38. The molecule has 0 saturated heterocycles. The van der Waals surface area contributed by atoms with Gasteiger partial charge in [0.15, 0.2) is 0 Å². The lowest BCUT2D eigenvalue weighted by Gasteiger charge is -1.97. The number of aromatic nitrogens is 5. The number of aryl methyl sites for hydroxylation is 1. The molecular formula is C11H11N5O2. The first-order chi connectivity index (χ1) is 8.65. The Morgan fingerprint density at radius 3 is 3.00 bits per heavy atom. The van der Waals surface area contributed by atoms with Gasteiger partial charge in [0.05, 0.1) is 42.2 Å². The maximum Gasteiger partial charge on any atom is 0.309 e. The standard InChI is InChI=1S/C11H11N5O2/c1-15-6-12-4-9(15)8-5-16-7(2-10(17)18)3-13-11(16)14-8/h3-6H,2H2,1H3,(H,13,14)(H,17,18). The Morgan fingerprint density at radius 1 is 1.50 bits per heavy atom. The number of hydrogen-bond donors (Lipinski definition) is 2. The molecule has 0 aromatic carbocycles. The molecule has 0 radical (unpaired) electrons. The smallest absolute Gasteiger partial charge is 0.309 e. The van der Waals surface area contributed by atoms with Crippen LogP contribution < -0.4 is 0 Å². The van der Waals surface area contributed by atoms with Crippen molar-refractivity contribution in [1.82, 2.24) is 23.9 Å². The van der Waals surface area contributed by atoms with E-state index < -0.39 is 5.97 Å². The Morgan fingerprint density at radius 2 is 2.33 bits per heavy atom. The quantitative estimate of drug-likeness (QED) is 0.710. The van der Waals surface area contributed by atoms with E-state index in [-0.39, 0.29) is 6.42 Å². The summed E-state index contributed by atoms with van der Waals surface area (Å²) in [6.07, 6.45) is 6.79. The van der Waals surface area contributed by atoms with Crippen LogP contribution in [0.5, 0.6) is 0 Å². The summed E-state index contributed by atoms with van der Waals surface area (Å²) in [5, 5.41) is 8.81. The van der Waals surface area contributed by atoms with Gasteiger partial charge in [0.2, 0.25) is 5.78 Å². The number of H-pyrrole nitrogens is 1. The molecule has 0 aliphatic carbocycles. The number of aromatic amines is 1. The van der Waals surface area contributed by atoms with Crippen LogP contribution in [0.2, 0.25) is 0 Å². The summed E-state index contributed by atoms with van der Waals surface area (Å²) < 4.78 is 3.62. The number of aliphatic carboxylic acids is 1. The molecular weight excluding hydrogens is 234 g/mol. The van der Waals surface area contributed by atoms with Gasteiger partial charge < -0.3 is 14.7 Å². The fourth-order valence-electron chi connectivity index (χ4n) is 1.95. The fourth-order valence-corrected chi connectivity index (χ4v) is 1.95. The molecule has 0 atom stereocenters. The lowest BCUT2D eigenvalue weighted by molar-refractivity contribution is -0.136. The van der Waals surface area contributed by atoms with E-state index in [9.17, 15) is 4.79 Å². The van der Waals surface area contributed by atoms with Crippen molar-refractivity contribution in [1.29, 1.82) is 0 Å². The highest BCUT2D eigenvalue weighted by atomic mass is 16.4. The van der Waals surface area contributed by atoms with Crippen molar-refractivity contribution in [3.63, 3.8) is 0 Å². The minimum Gasteiger partial charge on any atom is -0.481 e. The second kappa shape index (κ2) is 3.73. The number of carboxylic acid groups (broad SMARTS) is 1. The van der Waals surface area contributed by atoms with Crippen LogP contribution in [-0.4, -0.2) is 35.0 Å². The Balaban J connectivity index is 2.09. The molecule has 92 valence electrons. The topological polar surface area (TPSA) is 88.2 Å². The maximum absolute atomic E-state index is 10.7. The van der Waals surface area contributed by atoms with Crippen LogP contribution >= 0.6 is 0 Å². The van der Waals surface area contributed by atoms with Crippen LogP contribution in [0.1, 0.15) is 5.69 Å². The molecule has 0 aliphatic rings. The van der Waals surface area contributed by atoms with Gasteiger partial charge in [-0.3, -0.25) is 9.20 Å². The van der Waals surface area contributed by atoms with Gasteiger partial charge in [-0.05, 0) is 0 Å². The van der Waals surface area contributed by atoms with E-state index in [1.807, 2.05) is 17.8 Å². The van der Waals surface area contributed by atoms with Crippen LogP contribution in [-0.2, 0) is 18.3 Å². The van der Waals surface area contributed by atoms with Gasteiger partial charge in [-0.25, -0.2) is 9.97 Å². The van der Waals surface area contributed by atoms with Crippen molar-refractivity contribution in [3.05, 3.63) is 30.6 Å². The lowest BCUT2D eigenvalue weighted by Crippen LogP contribution is -2.02. The molecule has 0 aliphatic heterocycles. The van der Waals surface area contributed by atoms with Crippen molar-refractivity contribution in [2.24, 2.45) is 7.05 Å². The average Bonchev–Trinajstić information content (AvgIpc) is 2.94. The van der Waals surface area contributed by atoms with E-state index in [2.05, 4.69) is 15.0 Å². The van der Waals surface area contributed by atoms with Crippen LogP contribution in [0.3, 0.4) is 0 Å². The van der Waals surface area contributed by atoms with E-state index >= 15 is 0 Å². The van der Waals surface area contributed by atoms with Gasteiger partial charge in [0.1, 0.15) is 0 Å². The van der Waals surface area contributed by atoms with Gasteiger partial charge in [-0.1, -0.05) is 0 Å². The lowest BCUT2D eigenvalue weighted by atomic mass is 10.3. The zero-order chi connectivity index (χ0) is 12.7. The molecule has 3 rings (SSSR count). The summed E-state index contributed by atoms with van der Waals surface area (Å²) >= 11 is 0. The van der Waals surface area contributed by atoms with E-state index in [0.717, 1.165) is 11.4 Å². The predicted octanol–water partition coefficient (Wildman–Crippen LogP) is 0.690. The number of carbonyl (C=O) groups is 1. The summed E-state index contributed by atoms with van der Waals surface area (Å²) in [5.41, 5.74) is 2.41. The second-order valence-corrected chi connectivity index (χ2v) is 4.07. The van der Waals surface area contributed by atoms with E-state index in [1.54, 1.807) is 23.1 Å². The van der Waals surface area contributed by atoms with E-state index in [0.29, 0.717) is 11.5 Å². The molecule has 0 spiro atoms. The average molecular weight is 245 g/mol. The predicted molar refractivity (Wildman–Crippen MR) is 63.1 cm³/mol. The Kier molecular flexibility index (Phi) is 2.19. The summed E-state index contributed by atoms with van der Waals surface area (Å²) in [6.45, 7) is 0. The number of fused-ring (bicyclic) bond motifs is 1. The highest BCUT2D eigenvalue weighted by Crippen LogP contribution is 2.18. The second-order valence-electron chi connectivity index (χ2n) is 4.07. The van der Waals surface area contributed by atoms with Gasteiger partial charge in [-0.2, -0.15) is 0 Å². The Labute approximate surface area is 102 Å². The van der Waals surface area contributed by atoms with Crippen molar-refractivity contribution >= 4 is 11.7 Å². The molecule has 3 aromatic rings. The molecule has 7 nitrogen and oxygen atoms in total. The first-order valence-corrected chi connectivity index (χ1v) is 5.38. The van der Waals surface area contributed by atoms with Crippen molar-refractivity contribution in [2.75, 3.05) is 0 Å². The SMILES string of the molecule is Cn1cncc1-c1cn2c(CC(=O)O)cnc2[nH]1. The highest BCUT2D eigenvalue weighted by Gasteiger charge is 2.12. The minimum atomic E-state index is -0.875. The highest BCUT2D eigenvalue weighted by molar-refractivity contribution is 5.70. The van der Waals surface area contributed by atoms with Gasteiger partial charge in [0.25, 0.3) is 0 Å². The minimum absolute atomic E-state index is 0.0517. The number of nitrogens with one attached hydrogen (secondary N) is 1. The fraction of sp³-hybridized carbons (Fsp3) is 0.182. The third-order valence-electron chi connectivity index (χ3n) is 2.80. The van der Waals surface area contributed by atoms with Gasteiger partial charge in [-0.15, -0.1) is 0 Å². The Bertz CT molecular complexity index is 721. The zero-order valence-corrected chi connectivity index (χ0v) is 9.66. The van der Waals surface area contributed by atoms with Gasteiger partial charge in [0, 0.05) is 13.2 Å². The van der Waals surface area contributed by atoms with Crippen molar-refractivity contribution in [3.8, 4) is 11.4 Å². The third-order valence-corrected chi connectivity index (χ3v) is 2.80. The molecule has 0 fully saturated rings. The van der Waals surface area contributed by atoms with Crippen LogP contribution in [0.15, 0.2) is 24.9 Å². The van der Waals surface area contributed by atoms with E-state index in [4.69, 9.17) is 5.11 Å². The molecule has 0 amide bonds. The number of carboxylic acids is 1. The van der Waals surface area contributed by atoms with E-state index in [1.165, 1.54) is 0 Å². The van der Waals surface area contributed by atoms with Crippen LogP contribution in [0, 0.1) is 0 Å². The molecule has 0 saturated carbocycles. The molecule has 3 aromatic heterocycles. The Hall–Kier alpha value is -2.57. The monoisotopic (exact) mass is 245 g/mol. The number of rotatable bonds is 3. The third kappa shape index (κ3) is 1.56. The van der Waals surface area contributed by atoms with Gasteiger partial charge >= 0.3 is 5.97 Å². The summed E-state index contributed by atoms with van der Waals surface area (Å²) in [6, 6.07) is 0. The summed E-state index contributed by atoms with van der Waals surface area (Å²) in [5.74, 6) is -0.248. The first kappa shape index (κ1) is 10.6. The van der Waals surface area contributed by atoms with Crippen LogP contribution in [0.25, 0.3) is 17.2 Å². The molecule has 0 unspecified atom stereocenters. The number of nitrogens with zero attached hydrogens (tertiary/aromatic N) is 4.